The van der Waals surface area contributed by atoms with Gasteiger partial charge in [-0.15, -0.1) is 0 Å². The number of nitrogens with two attached hydrogens (primary N) is 1. The summed E-state index contributed by atoms with van der Waals surface area (Å²) in [5.41, 5.74) is 9.69. The lowest BCUT2D eigenvalue weighted by molar-refractivity contribution is -0.384. The Morgan fingerprint density at radius 1 is 0.857 bits per heavy atom. The summed E-state index contributed by atoms with van der Waals surface area (Å²) in [6.07, 6.45) is 1.81. The molecule has 5 nitrogen and oxygen atoms in total. The van der Waals surface area contributed by atoms with Crippen molar-refractivity contribution in [2.24, 2.45) is 0 Å². The SMILES string of the molecule is Nc1ccc(C2CCC(c3ccc([N+](=O)[O-])cc3)N2c2ccc(F)cc2)cc1. The highest BCUT2D eigenvalue weighted by atomic mass is 19.1. The molecule has 6 heteroatoms. The minimum atomic E-state index is -0.395. The van der Waals surface area contributed by atoms with Crippen molar-refractivity contribution in [2.75, 3.05) is 10.6 Å². The van der Waals surface area contributed by atoms with Crippen LogP contribution in [0.25, 0.3) is 0 Å². The zero-order valence-electron chi connectivity index (χ0n) is 15.2. The van der Waals surface area contributed by atoms with Gasteiger partial charge in [0, 0.05) is 23.5 Å². The van der Waals surface area contributed by atoms with Crippen molar-refractivity contribution in [1.29, 1.82) is 0 Å². The molecule has 4 rings (SSSR count). The minimum Gasteiger partial charge on any atom is -0.399 e. The van der Waals surface area contributed by atoms with E-state index in [0.717, 1.165) is 29.7 Å². The van der Waals surface area contributed by atoms with E-state index >= 15 is 0 Å². The van der Waals surface area contributed by atoms with Gasteiger partial charge in [0.15, 0.2) is 0 Å². The lowest BCUT2D eigenvalue weighted by atomic mass is 10.0. The van der Waals surface area contributed by atoms with Crippen molar-refractivity contribution in [3.05, 3.63) is 99.9 Å². The summed E-state index contributed by atoms with van der Waals surface area (Å²) in [5.74, 6) is -0.279. The molecule has 2 atom stereocenters. The Morgan fingerprint density at radius 3 is 1.86 bits per heavy atom. The third kappa shape index (κ3) is 3.41. The molecule has 2 N–H and O–H groups in total. The Morgan fingerprint density at radius 2 is 1.36 bits per heavy atom. The van der Waals surface area contributed by atoms with Crippen LogP contribution in [-0.4, -0.2) is 4.92 Å². The quantitative estimate of drug-likeness (QED) is 0.375. The molecule has 2 unspecified atom stereocenters. The van der Waals surface area contributed by atoms with Crippen LogP contribution in [0.2, 0.25) is 0 Å². The van der Waals surface area contributed by atoms with Gasteiger partial charge in [0.2, 0.25) is 0 Å². The fourth-order valence-electron chi connectivity index (χ4n) is 3.98. The standard InChI is InChI=1S/C22H20FN3O2/c23-17-5-11-19(12-6-17)25-21(15-1-7-18(24)8-2-15)13-14-22(25)16-3-9-20(10-4-16)26(27)28/h1-12,21-22H,13-14,24H2. The maximum atomic E-state index is 13.5. The van der Waals surface area contributed by atoms with Crippen LogP contribution in [0.5, 0.6) is 0 Å². The molecule has 1 aliphatic heterocycles. The van der Waals surface area contributed by atoms with Crippen molar-refractivity contribution < 1.29 is 9.31 Å². The van der Waals surface area contributed by atoms with Crippen LogP contribution in [0.4, 0.5) is 21.5 Å². The van der Waals surface area contributed by atoms with Crippen LogP contribution in [0.1, 0.15) is 36.1 Å². The highest BCUT2D eigenvalue weighted by Crippen LogP contribution is 2.47. The number of nitro benzene ring substituents is 1. The second-order valence-corrected chi connectivity index (χ2v) is 7.01. The smallest absolute Gasteiger partial charge is 0.269 e. The number of hydrogen-bond acceptors (Lipinski definition) is 4. The Hall–Kier alpha value is -3.41. The molecule has 0 saturated carbocycles. The van der Waals surface area contributed by atoms with E-state index in [4.69, 9.17) is 5.73 Å². The Balaban J connectivity index is 1.73. The fraction of sp³-hybridized carbons (Fsp3) is 0.182. The van der Waals surface area contributed by atoms with Crippen LogP contribution in [-0.2, 0) is 0 Å². The summed E-state index contributed by atoms with van der Waals surface area (Å²) in [4.78, 5) is 12.8. The van der Waals surface area contributed by atoms with Gasteiger partial charge in [0.25, 0.3) is 5.69 Å². The van der Waals surface area contributed by atoms with Crippen LogP contribution in [0.3, 0.4) is 0 Å². The lowest BCUT2D eigenvalue weighted by Crippen LogP contribution is -2.26. The Labute approximate surface area is 162 Å². The number of rotatable bonds is 4. The number of nitro groups is 1. The number of nitrogen functional groups attached to an aromatic ring is 1. The Bertz CT molecular complexity index is 972. The minimum absolute atomic E-state index is 0.0498. The van der Waals surface area contributed by atoms with Crippen molar-refractivity contribution in [1.82, 2.24) is 0 Å². The van der Waals surface area contributed by atoms with Gasteiger partial charge in [0.05, 0.1) is 17.0 Å². The largest absolute Gasteiger partial charge is 0.399 e. The van der Waals surface area contributed by atoms with E-state index in [1.165, 1.54) is 24.3 Å². The summed E-state index contributed by atoms with van der Waals surface area (Å²) < 4.78 is 13.5. The number of benzene rings is 3. The van der Waals surface area contributed by atoms with Crippen molar-refractivity contribution >= 4 is 17.1 Å². The number of halogens is 1. The van der Waals surface area contributed by atoms with Gasteiger partial charge < -0.3 is 10.6 Å². The van der Waals surface area contributed by atoms with Gasteiger partial charge in [-0.25, -0.2) is 4.39 Å². The topological polar surface area (TPSA) is 72.4 Å². The molecule has 1 fully saturated rings. The van der Waals surface area contributed by atoms with Crippen molar-refractivity contribution in [2.45, 2.75) is 24.9 Å². The zero-order valence-corrected chi connectivity index (χ0v) is 15.2. The summed E-state index contributed by atoms with van der Waals surface area (Å²) in [5, 5.41) is 11.0. The molecule has 1 saturated heterocycles. The number of non-ortho nitro benzene ring substituents is 1. The van der Waals surface area contributed by atoms with E-state index in [2.05, 4.69) is 4.90 Å². The van der Waals surface area contributed by atoms with Gasteiger partial charge in [-0.1, -0.05) is 24.3 Å². The first kappa shape index (κ1) is 18.0. The third-order valence-electron chi connectivity index (χ3n) is 5.32. The van der Waals surface area contributed by atoms with Gasteiger partial charge in [-0.2, -0.15) is 0 Å². The number of hydrogen-bond donors (Lipinski definition) is 1. The lowest BCUT2D eigenvalue weighted by Gasteiger charge is -2.33. The number of anilines is 2. The van der Waals surface area contributed by atoms with E-state index in [1.807, 2.05) is 36.4 Å². The molecule has 1 aliphatic rings. The maximum absolute atomic E-state index is 13.5. The molecule has 1 heterocycles. The predicted molar refractivity (Wildman–Crippen MR) is 108 cm³/mol. The van der Waals surface area contributed by atoms with E-state index in [1.54, 1.807) is 12.1 Å². The summed E-state index contributed by atoms with van der Waals surface area (Å²) >= 11 is 0. The average molecular weight is 377 g/mol. The molecular formula is C22H20FN3O2. The van der Waals surface area contributed by atoms with Gasteiger partial charge in [-0.05, 0) is 60.4 Å². The highest BCUT2D eigenvalue weighted by Gasteiger charge is 2.35. The van der Waals surface area contributed by atoms with Gasteiger partial charge in [-0.3, -0.25) is 10.1 Å². The molecule has 3 aromatic carbocycles. The van der Waals surface area contributed by atoms with E-state index in [9.17, 15) is 14.5 Å². The molecule has 3 aromatic rings. The van der Waals surface area contributed by atoms with Gasteiger partial charge >= 0.3 is 0 Å². The summed E-state index contributed by atoms with van der Waals surface area (Å²) in [6.45, 7) is 0. The van der Waals surface area contributed by atoms with Crippen LogP contribution in [0.15, 0.2) is 72.8 Å². The zero-order chi connectivity index (χ0) is 19.7. The first-order chi connectivity index (χ1) is 13.5. The van der Waals surface area contributed by atoms with E-state index < -0.39 is 4.92 Å². The van der Waals surface area contributed by atoms with Gasteiger partial charge in [0.1, 0.15) is 5.82 Å². The average Bonchev–Trinajstić information content (AvgIpc) is 3.14. The fourth-order valence-corrected chi connectivity index (χ4v) is 3.98. The molecule has 28 heavy (non-hydrogen) atoms. The van der Waals surface area contributed by atoms with Crippen molar-refractivity contribution in [3.63, 3.8) is 0 Å². The summed E-state index contributed by atoms with van der Waals surface area (Å²) in [7, 11) is 0. The molecule has 0 radical (unpaired) electrons. The van der Waals surface area contributed by atoms with Crippen molar-refractivity contribution in [3.8, 4) is 0 Å². The highest BCUT2D eigenvalue weighted by molar-refractivity contribution is 5.54. The normalized spacial score (nSPS) is 19.0. The van der Waals surface area contributed by atoms with E-state index in [0.29, 0.717) is 5.69 Å². The third-order valence-corrected chi connectivity index (χ3v) is 5.32. The van der Waals surface area contributed by atoms with Crippen LogP contribution in [0, 0.1) is 15.9 Å². The first-order valence-corrected chi connectivity index (χ1v) is 9.16. The summed E-state index contributed by atoms with van der Waals surface area (Å²) in [6, 6.07) is 21.2. The molecule has 0 aromatic heterocycles. The molecule has 0 aliphatic carbocycles. The van der Waals surface area contributed by atoms with Crippen LogP contribution >= 0.6 is 0 Å². The number of nitrogens with zero attached hydrogens (tertiary/aromatic N) is 2. The monoisotopic (exact) mass is 377 g/mol. The maximum Gasteiger partial charge on any atom is 0.269 e. The predicted octanol–water partition coefficient (Wildman–Crippen LogP) is 5.40. The molecular weight excluding hydrogens is 357 g/mol. The van der Waals surface area contributed by atoms with Crippen LogP contribution < -0.4 is 10.6 Å². The molecule has 0 spiro atoms. The molecule has 0 amide bonds. The molecule has 142 valence electrons. The second kappa shape index (κ2) is 7.31. The Kier molecular flexibility index (Phi) is 4.69. The first-order valence-electron chi connectivity index (χ1n) is 9.16. The second-order valence-electron chi connectivity index (χ2n) is 7.01. The van der Waals surface area contributed by atoms with E-state index in [-0.39, 0.29) is 23.6 Å². The molecule has 0 bridgehead atoms.